The topological polar surface area (TPSA) is 224 Å². The number of aliphatic imine (C=N–C) groups is 1. The lowest BCUT2D eigenvalue weighted by atomic mass is 9.89. The molecule has 4 N–H and O–H groups in total. The van der Waals surface area contributed by atoms with Gasteiger partial charge in [-0.15, -0.1) is 0 Å². The van der Waals surface area contributed by atoms with Crippen LogP contribution in [0.1, 0.15) is 115 Å². The first kappa shape index (κ1) is 46.1. The molecular weight excluding hydrogens is 775 g/mol. The van der Waals surface area contributed by atoms with E-state index < -0.39 is 54.3 Å². The molecule has 1 heterocycles. The van der Waals surface area contributed by atoms with Crippen molar-refractivity contribution in [3.63, 3.8) is 0 Å². The standard InChI is InChI=1S/C44H53N5O11/c1-10-30-21-34(36(50)20-28-13-15-31(16-14-28)38(45)49-42(54)57-26(5)22-47-41(53)60-44(7,8)9)33(19-25(30)4)32-17-18-35(39(51)46-23-29-11-12-29)48-37(32)40(52)58-27(6)59-43(55)56-24(2)3/h10,13-19,21,24,26-27,29H,1,11-12,20,22-23H2,2-9H3,(H,46,51)(H,47,53)(H2,45,49,54). The predicted molar refractivity (Wildman–Crippen MR) is 223 cm³/mol. The number of ether oxygens (including phenoxy) is 5. The van der Waals surface area contributed by atoms with Gasteiger partial charge in [-0.2, -0.15) is 4.99 Å². The highest BCUT2D eigenvalue weighted by Gasteiger charge is 2.28. The Kier molecular flexibility index (Phi) is 15.7. The summed E-state index contributed by atoms with van der Waals surface area (Å²) in [5.41, 5.74) is 8.22. The number of aromatic nitrogens is 1. The third-order valence-electron chi connectivity index (χ3n) is 8.71. The van der Waals surface area contributed by atoms with Gasteiger partial charge in [0.15, 0.2) is 11.5 Å². The number of benzene rings is 2. The number of amides is 3. The van der Waals surface area contributed by atoms with Gasteiger partial charge in [-0.05, 0) is 108 Å². The average Bonchev–Trinajstić information content (AvgIpc) is 3.99. The molecule has 16 heteroatoms. The molecule has 3 amide bonds. The fraction of sp³-hybridized carbons (Fsp3) is 0.409. The van der Waals surface area contributed by atoms with Crippen LogP contribution in [0.5, 0.6) is 0 Å². The van der Waals surface area contributed by atoms with E-state index in [-0.39, 0.29) is 47.1 Å². The van der Waals surface area contributed by atoms with Gasteiger partial charge in [0, 0.05) is 36.6 Å². The number of nitrogens with one attached hydrogen (secondary N) is 2. The zero-order valence-electron chi connectivity index (χ0n) is 35.2. The highest BCUT2D eigenvalue weighted by molar-refractivity contribution is 6.07. The molecule has 320 valence electrons. The fourth-order valence-corrected chi connectivity index (χ4v) is 5.61. The molecule has 1 aliphatic rings. The first-order valence-electron chi connectivity index (χ1n) is 19.5. The van der Waals surface area contributed by atoms with E-state index in [1.165, 1.54) is 19.1 Å². The second-order valence-electron chi connectivity index (χ2n) is 15.6. The Morgan fingerprint density at radius 2 is 1.60 bits per heavy atom. The summed E-state index contributed by atoms with van der Waals surface area (Å²) < 4.78 is 25.9. The number of nitrogens with zero attached hydrogens (tertiary/aromatic N) is 2. The molecular formula is C44H53N5O11. The van der Waals surface area contributed by atoms with E-state index in [0.29, 0.717) is 34.7 Å². The molecule has 2 atom stereocenters. The summed E-state index contributed by atoms with van der Waals surface area (Å²) in [4.78, 5) is 85.7. The van der Waals surface area contributed by atoms with Crippen molar-refractivity contribution in [2.75, 3.05) is 13.1 Å². The number of aryl methyl sites for hydroxylation is 1. The number of alkyl carbamates (subject to hydrolysis) is 1. The summed E-state index contributed by atoms with van der Waals surface area (Å²) >= 11 is 0. The molecule has 0 radical (unpaired) electrons. The van der Waals surface area contributed by atoms with Crippen LogP contribution in [0.15, 0.2) is 60.1 Å². The van der Waals surface area contributed by atoms with E-state index in [0.717, 1.165) is 18.4 Å². The van der Waals surface area contributed by atoms with Gasteiger partial charge in [-0.1, -0.05) is 43.0 Å². The predicted octanol–water partition coefficient (Wildman–Crippen LogP) is 7.08. The summed E-state index contributed by atoms with van der Waals surface area (Å²) in [6, 6.07) is 12.9. The Balaban J connectivity index is 1.57. The van der Waals surface area contributed by atoms with E-state index in [2.05, 4.69) is 27.2 Å². The Labute approximate surface area is 349 Å². The van der Waals surface area contributed by atoms with E-state index in [1.807, 2.05) is 6.92 Å². The highest BCUT2D eigenvalue weighted by Crippen LogP contribution is 2.32. The number of carbonyl (C=O) groups is 6. The summed E-state index contributed by atoms with van der Waals surface area (Å²) in [7, 11) is 0. The van der Waals surface area contributed by atoms with Crippen molar-refractivity contribution in [2.45, 2.75) is 98.8 Å². The summed E-state index contributed by atoms with van der Waals surface area (Å²) in [6.07, 6.45) is -1.72. The van der Waals surface area contributed by atoms with Crippen molar-refractivity contribution >= 4 is 47.9 Å². The third kappa shape index (κ3) is 14.1. The second-order valence-corrected chi connectivity index (χ2v) is 15.6. The number of pyridine rings is 1. The van der Waals surface area contributed by atoms with Crippen molar-refractivity contribution in [2.24, 2.45) is 16.6 Å². The highest BCUT2D eigenvalue weighted by atomic mass is 16.8. The van der Waals surface area contributed by atoms with Gasteiger partial charge in [0.25, 0.3) is 5.91 Å². The molecule has 1 fully saturated rings. The van der Waals surface area contributed by atoms with Gasteiger partial charge in [0.05, 0.1) is 12.6 Å². The van der Waals surface area contributed by atoms with Crippen molar-refractivity contribution in [3.8, 4) is 11.1 Å². The number of amidine groups is 1. The van der Waals surface area contributed by atoms with Crippen LogP contribution in [-0.2, 0) is 30.1 Å². The van der Waals surface area contributed by atoms with Gasteiger partial charge >= 0.3 is 24.3 Å². The van der Waals surface area contributed by atoms with Crippen LogP contribution >= 0.6 is 0 Å². The van der Waals surface area contributed by atoms with E-state index in [9.17, 15) is 28.8 Å². The van der Waals surface area contributed by atoms with E-state index in [1.54, 1.807) is 84.0 Å². The van der Waals surface area contributed by atoms with Crippen LogP contribution in [0.4, 0.5) is 14.4 Å². The maximum Gasteiger partial charge on any atom is 0.511 e. The number of esters is 1. The molecule has 4 rings (SSSR count). The van der Waals surface area contributed by atoms with Crippen molar-refractivity contribution in [3.05, 3.63) is 94.3 Å². The van der Waals surface area contributed by atoms with Crippen LogP contribution in [0.2, 0.25) is 0 Å². The second kappa shape index (κ2) is 20.4. The molecule has 1 aliphatic carbocycles. The minimum absolute atomic E-state index is 0.00868. The molecule has 16 nitrogen and oxygen atoms in total. The molecule has 0 spiro atoms. The average molecular weight is 828 g/mol. The Morgan fingerprint density at radius 3 is 2.22 bits per heavy atom. The number of hydrogen-bond donors (Lipinski definition) is 3. The molecule has 2 unspecified atom stereocenters. The molecule has 60 heavy (non-hydrogen) atoms. The normalized spacial score (nSPS) is 13.7. The van der Waals surface area contributed by atoms with Crippen LogP contribution in [-0.4, -0.2) is 84.0 Å². The number of ketones is 1. The van der Waals surface area contributed by atoms with Crippen LogP contribution in [0.3, 0.4) is 0 Å². The zero-order chi connectivity index (χ0) is 44.3. The summed E-state index contributed by atoms with van der Waals surface area (Å²) in [5.74, 6) is -1.58. The number of nitrogens with two attached hydrogens (primary N) is 1. The smallest absolute Gasteiger partial charge is 0.444 e. The van der Waals surface area contributed by atoms with E-state index >= 15 is 0 Å². The number of rotatable bonds is 16. The van der Waals surface area contributed by atoms with Gasteiger partial charge in [0.2, 0.25) is 6.29 Å². The number of Topliss-reactive ketones (excluding diaryl/α,β-unsaturated/α-hetero) is 1. The van der Waals surface area contributed by atoms with Crippen molar-refractivity contribution < 1.29 is 52.5 Å². The molecule has 0 aliphatic heterocycles. The zero-order valence-corrected chi connectivity index (χ0v) is 35.2. The van der Waals surface area contributed by atoms with Crippen LogP contribution in [0.25, 0.3) is 17.2 Å². The van der Waals surface area contributed by atoms with Gasteiger partial charge in [-0.3, -0.25) is 9.59 Å². The number of hydrogen-bond acceptors (Lipinski definition) is 12. The molecule has 3 aromatic rings. The monoisotopic (exact) mass is 827 g/mol. The Hall–Kier alpha value is -6.58. The van der Waals surface area contributed by atoms with E-state index in [4.69, 9.17) is 29.4 Å². The Morgan fingerprint density at radius 1 is 0.917 bits per heavy atom. The number of carbonyl (C=O) groups excluding carboxylic acids is 6. The van der Waals surface area contributed by atoms with Crippen molar-refractivity contribution in [1.82, 2.24) is 15.6 Å². The molecule has 2 aromatic carbocycles. The lowest BCUT2D eigenvalue weighted by molar-refractivity contribution is -0.0868. The lowest BCUT2D eigenvalue weighted by Crippen LogP contribution is -2.37. The van der Waals surface area contributed by atoms with Gasteiger partial charge in [-0.25, -0.2) is 24.2 Å². The van der Waals surface area contributed by atoms with Crippen molar-refractivity contribution in [1.29, 1.82) is 0 Å². The molecule has 0 bridgehead atoms. The maximum absolute atomic E-state index is 14.2. The first-order chi connectivity index (χ1) is 28.2. The molecule has 1 aromatic heterocycles. The third-order valence-corrected chi connectivity index (χ3v) is 8.71. The maximum atomic E-state index is 14.2. The SMILES string of the molecule is C=Cc1cc(C(=O)Cc2ccc(C(N)=NC(=O)OC(C)CNC(=O)OC(C)(C)C)cc2)c(-c2ccc(C(=O)NCC3CC3)nc2C(=O)OC(C)OC(=O)OC(C)C)cc1C. The largest absolute Gasteiger partial charge is 0.511 e. The van der Waals surface area contributed by atoms with Crippen LogP contribution in [0, 0.1) is 12.8 Å². The van der Waals surface area contributed by atoms with Gasteiger partial charge in [0.1, 0.15) is 23.2 Å². The summed E-state index contributed by atoms with van der Waals surface area (Å²) in [6.45, 7) is 17.5. The first-order valence-corrected chi connectivity index (χ1v) is 19.5. The molecule has 1 saturated carbocycles. The lowest BCUT2D eigenvalue weighted by Gasteiger charge is -2.20. The van der Waals surface area contributed by atoms with Gasteiger partial charge < -0.3 is 40.1 Å². The quantitative estimate of drug-likeness (QED) is 0.0328. The fourth-order valence-electron chi connectivity index (χ4n) is 5.61. The Bertz CT molecular complexity index is 2140. The molecule has 0 saturated heterocycles. The summed E-state index contributed by atoms with van der Waals surface area (Å²) in [5, 5.41) is 5.35. The minimum atomic E-state index is -1.39. The van der Waals surface area contributed by atoms with Crippen LogP contribution < -0.4 is 16.4 Å². The minimum Gasteiger partial charge on any atom is -0.444 e.